The van der Waals surface area contributed by atoms with Crippen LogP contribution in [0.25, 0.3) is 0 Å². The van der Waals surface area contributed by atoms with Crippen molar-refractivity contribution >= 4 is 23.4 Å². The van der Waals surface area contributed by atoms with E-state index in [2.05, 4.69) is 25.8 Å². The molecule has 0 fully saturated rings. The lowest BCUT2D eigenvalue weighted by atomic mass is 10.00. The second-order valence-electron chi connectivity index (χ2n) is 7.51. The van der Waals surface area contributed by atoms with Gasteiger partial charge in [-0.25, -0.2) is 9.38 Å². The third kappa shape index (κ3) is 4.63. The number of aliphatic hydroxyl groups excluding tert-OH is 1. The van der Waals surface area contributed by atoms with Gasteiger partial charge >= 0.3 is 17.7 Å². The summed E-state index contributed by atoms with van der Waals surface area (Å²) in [5.74, 6) is -3.82. The Hall–Kier alpha value is -4.09. The van der Waals surface area contributed by atoms with Crippen LogP contribution < -0.4 is 10.6 Å². The number of aliphatic hydroxyl groups is 1. The van der Waals surface area contributed by atoms with Crippen LogP contribution in [0.3, 0.4) is 0 Å². The predicted octanol–water partition coefficient (Wildman–Crippen LogP) is 0.982. The van der Waals surface area contributed by atoms with E-state index in [-0.39, 0.29) is 24.2 Å². The fraction of sp³-hybridized carbons (Fsp3) is 0.300. The van der Waals surface area contributed by atoms with Gasteiger partial charge in [0.2, 0.25) is 11.8 Å². The minimum Gasteiger partial charge on any atom is -0.493 e. The molecule has 0 radical (unpaired) electrons. The highest BCUT2D eigenvalue weighted by molar-refractivity contribution is 6.46. The van der Waals surface area contributed by atoms with Crippen LogP contribution >= 0.6 is 0 Å². The fourth-order valence-corrected chi connectivity index (χ4v) is 2.95. The number of aliphatic imine (C=N–C) groups is 1. The van der Waals surface area contributed by atoms with Crippen molar-refractivity contribution in [2.45, 2.75) is 32.9 Å². The molecule has 0 atom stereocenters. The highest BCUT2D eigenvalue weighted by Gasteiger charge is 2.41. The molecule has 1 aliphatic rings. The number of Topliss-reactive ketones (excluding diaryl/α,β-unsaturated/α-hetero) is 1. The Bertz CT molecular complexity index is 1140. The molecule has 12 heteroatoms. The van der Waals surface area contributed by atoms with Gasteiger partial charge in [0.05, 0.1) is 5.54 Å². The second kappa shape index (κ2) is 8.57. The van der Waals surface area contributed by atoms with Crippen LogP contribution in [-0.2, 0) is 16.1 Å². The van der Waals surface area contributed by atoms with E-state index < -0.39 is 40.5 Å². The smallest absolute Gasteiger partial charge is 0.309 e. The topological polar surface area (TPSA) is 150 Å². The van der Waals surface area contributed by atoms with Crippen LogP contribution in [0.15, 0.2) is 45.3 Å². The first kappa shape index (κ1) is 22.6. The monoisotopic (exact) mass is 444 g/mol. The van der Waals surface area contributed by atoms with Crippen LogP contribution in [0.4, 0.5) is 4.39 Å². The lowest BCUT2D eigenvalue weighted by Gasteiger charge is -2.34. The van der Waals surface area contributed by atoms with E-state index in [1.807, 2.05) is 0 Å². The number of carbonyl (C=O) groups excluding carboxylic acids is 3. The largest absolute Gasteiger partial charge is 0.493 e. The van der Waals surface area contributed by atoms with E-state index in [1.165, 1.54) is 38.2 Å². The highest BCUT2D eigenvalue weighted by atomic mass is 19.1. The predicted molar refractivity (Wildman–Crippen MR) is 109 cm³/mol. The molecule has 32 heavy (non-hydrogen) atoms. The Morgan fingerprint density at radius 3 is 2.47 bits per heavy atom. The number of halogens is 1. The summed E-state index contributed by atoms with van der Waals surface area (Å²) in [6.07, 6.45) is 0. The van der Waals surface area contributed by atoms with E-state index in [0.717, 1.165) is 4.90 Å². The quantitative estimate of drug-likeness (QED) is 0.339. The van der Waals surface area contributed by atoms with Crippen molar-refractivity contribution < 1.29 is 28.3 Å². The van der Waals surface area contributed by atoms with Gasteiger partial charge in [0, 0.05) is 20.5 Å². The van der Waals surface area contributed by atoms with Gasteiger partial charge in [0.25, 0.3) is 5.78 Å². The van der Waals surface area contributed by atoms with Crippen molar-refractivity contribution in [3.05, 3.63) is 59.0 Å². The summed E-state index contributed by atoms with van der Waals surface area (Å²) in [5.41, 5.74) is -1.16. The van der Waals surface area contributed by atoms with Crippen molar-refractivity contribution in [1.82, 2.24) is 25.7 Å². The van der Waals surface area contributed by atoms with Crippen molar-refractivity contribution in [1.29, 1.82) is 0 Å². The molecule has 0 aliphatic carbocycles. The molecule has 0 saturated heterocycles. The average Bonchev–Trinajstić information content (AvgIpc) is 3.17. The first-order valence-electron chi connectivity index (χ1n) is 9.45. The number of hydrogen-bond donors (Lipinski definition) is 3. The van der Waals surface area contributed by atoms with Crippen molar-refractivity contribution in [3.8, 4) is 0 Å². The fourth-order valence-electron chi connectivity index (χ4n) is 2.95. The Balaban J connectivity index is 1.87. The van der Waals surface area contributed by atoms with Gasteiger partial charge in [0.1, 0.15) is 11.7 Å². The molecule has 2 aromatic rings. The third-order valence-corrected chi connectivity index (χ3v) is 4.55. The number of nitrogens with zero attached hydrogens (tertiary/aromatic N) is 4. The zero-order chi connectivity index (χ0) is 23.6. The van der Waals surface area contributed by atoms with Crippen LogP contribution in [0.5, 0.6) is 0 Å². The molecule has 3 rings (SSSR count). The molecule has 2 heterocycles. The first-order chi connectivity index (χ1) is 15.0. The summed E-state index contributed by atoms with van der Waals surface area (Å²) >= 11 is 0. The summed E-state index contributed by atoms with van der Waals surface area (Å²) in [6, 6.07) is 5.48. The second-order valence-corrected chi connectivity index (χ2v) is 7.51. The molecule has 0 unspecified atom stereocenters. The standard InChI is InChI=1S/C20H21FN6O5/c1-10-25-26-17(32-10)16(30)24-20(2,3)19-23-13(14(28)18(31)27(19)4)15(29)22-9-11-5-7-12(21)8-6-11/h5-8,22,29H,9H2,1-4H3,(H,24,30). The number of amides is 2. The summed E-state index contributed by atoms with van der Waals surface area (Å²) in [4.78, 5) is 42.5. The van der Waals surface area contributed by atoms with Gasteiger partial charge in [-0.1, -0.05) is 12.1 Å². The number of ketones is 1. The number of aromatic nitrogens is 2. The SMILES string of the molecule is Cc1nnc(C(=O)NC(C)(C)C2=NC(=C(O)NCc3ccc(F)cc3)C(=O)C(=O)N2C)o1. The molecular weight excluding hydrogens is 423 g/mol. The number of carbonyl (C=O) groups is 3. The Kier molecular flexibility index (Phi) is 6.05. The third-order valence-electron chi connectivity index (χ3n) is 4.55. The van der Waals surface area contributed by atoms with Crippen molar-refractivity contribution in [3.63, 3.8) is 0 Å². The number of likely N-dealkylation sites (N-methyl/N-ethyl adjacent to an activating group) is 1. The minimum atomic E-state index is -1.27. The first-order valence-corrected chi connectivity index (χ1v) is 9.45. The maximum atomic E-state index is 13.0. The summed E-state index contributed by atoms with van der Waals surface area (Å²) in [5, 5.41) is 22.8. The molecule has 2 amide bonds. The van der Waals surface area contributed by atoms with Crippen LogP contribution in [0.2, 0.25) is 0 Å². The number of aryl methyl sites for hydroxylation is 1. The Labute approximate surface area is 182 Å². The van der Waals surface area contributed by atoms with E-state index in [0.29, 0.717) is 5.56 Å². The number of nitrogens with one attached hydrogen (secondary N) is 2. The van der Waals surface area contributed by atoms with Crippen molar-refractivity contribution in [2.24, 2.45) is 4.99 Å². The number of benzene rings is 1. The van der Waals surface area contributed by atoms with Crippen LogP contribution in [0, 0.1) is 12.7 Å². The van der Waals surface area contributed by atoms with E-state index >= 15 is 0 Å². The average molecular weight is 444 g/mol. The van der Waals surface area contributed by atoms with Gasteiger partial charge in [-0.3, -0.25) is 19.3 Å². The Morgan fingerprint density at radius 2 is 1.88 bits per heavy atom. The molecular formula is C20H21FN6O5. The van der Waals surface area contributed by atoms with Crippen molar-refractivity contribution in [2.75, 3.05) is 7.05 Å². The lowest BCUT2D eigenvalue weighted by Crippen LogP contribution is -2.59. The maximum Gasteiger partial charge on any atom is 0.309 e. The number of rotatable bonds is 6. The molecule has 3 N–H and O–H groups in total. The summed E-state index contributed by atoms with van der Waals surface area (Å²) < 4.78 is 18.1. The van der Waals surface area contributed by atoms with Gasteiger partial charge in [-0.05, 0) is 31.5 Å². The molecule has 1 aromatic heterocycles. The van der Waals surface area contributed by atoms with Gasteiger partial charge in [-0.15, -0.1) is 10.2 Å². The number of amidine groups is 1. The highest BCUT2D eigenvalue weighted by Crippen LogP contribution is 2.20. The van der Waals surface area contributed by atoms with Crippen LogP contribution in [0.1, 0.15) is 36.0 Å². The molecule has 0 saturated carbocycles. The van der Waals surface area contributed by atoms with E-state index in [4.69, 9.17) is 4.42 Å². The summed E-state index contributed by atoms with van der Waals surface area (Å²) in [6.45, 7) is 4.67. The zero-order valence-corrected chi connectivity index (χ0v) is 17.8. The molecule has 168 valence electrons. The zero-order valence-electron chi connectivity index (χ0n) is 17.8. The van der Waals surface area contributed by atoms with E-state index in [1.54, 1.807) is 13.8 Å². The number of hydrogen-bond acceptors (Lipinski definition) is 9. The Morgan fingerprint density at radius 1 is 1.22 bits per heavy atom. The molecule has 11 nitrogen and oxygen atoms in total. The lowest BCUT2D eigenvalue weighted by molar-refractivity contribution is -0.140. The molecule has 0 spiro atoms. The van der Waals surface area contributed by atoms with Crippen LogP contribution in [-0.4, -0.2) is 56.2 Å². The van der Waals surface area contributed by atoms with Gasteiger partial charge in [-0.2, -0.15) is 0 Å². The van der Waals surface area contributed by atoms with E-state index in [9.17, 15) is 23.9 Å². The normalized spacial score (nSPS) is 16.0. The van der Waals surface area contributed by atoms with Gasteiger partial charge in [0.15, 0.2) is 5.70 Å². The van der Waals surface area contributed by atoms with Gasteiger partial charge < -0.3 is 20.2 Å². The molecule has 0 bridgehead atoms. The maximum absolute atomic E-state index is 13.0. The minimum absolute atomic E-state index is 0.00294. The molecule has 1 aliphatic heterocycles. The molecule has 1 aromatic carbocycles. The summed E-state index contributed by atoms with van der Waals surface area (Å²) in [7, 11) is 1.32.